The van der Waals surface area contributed by atoms with Gasteiger partial charge in [-0.25, -0.2) is 0 Å². The Kier molecular flexibility index (Phi) is 2.48. The lowest BCUT2D eigenvalue weighted by Crippen LogP contribution is -2.23. The van der Waals surface area contributed by atoms with Gasteiger partial charge >= 0.3 is 0 Å². The lowest BCUT2D eigenvalue weighted by molar-refractivity contribution is 0.0765. The van der Waals surface area contributed by atoms with E-state index in [1.165, 1.54) is 0 Å². The minimum Gasteiger partial charge on any atom is -0.386 e. The van der Waals surface area contributed by atoms with Crippen LogP contribution in [0.25, 0.3) is 0 Å². The molecule has 14 heavy (non-hydrogen) atoms. The summed E-state index contributed by atoms with van der Waals surface area (Å²) in [5, 5.41) is 14.4. The van der Waals surface area contributed by atoms with Gasteiger partial charge in [-0.1, -0.05) is 20.8 Å². The zero-order valence-corrected chi connectivity index (χ0v) is 9.92. The Morgan fingerprint density at radius 2 is 1.71 bits per heavy atom. The fourth-order valence-electron chi connectivity index (χ4n) is 1.49. The minimum absolute atomic E-state index is 0.0312. The molecular weight excluding hydrogens is 176 g/mol. The Bertz CT molecular complexity index is 295. The highest BCUT2D eigenvalue weighted by Gasteiger charge is 2.29. The summed E-state index contributed by atoms with van der Waals surface area (Å²) in [6, 6.07) is 0. The van der Waals surface area contributed by atoms with E-state index in [0.717, 1.165) is 11.3 Å². The number of hydrogen-bond acceptors (Lipinski definition) is 2. The van der Waals surface area contributed by atoms with Gasteiger partial charge in [-0.15, -0.1) is 0 Å². The molecule has 0 radical (unpaired) electrons. The molecule has 0 saturated carbocycles. The van der Waals surface area contributed by atoms with Crippen LogP contribution >= 0.6 is 0 Å². The molecule has 0 aliphatic rings. The van der Waals surface area contributed by atoms with Crippen molar-refractivity contribution in [3.8, 4) is 0 Å². The van der Waals surface area contributed by atoms with E-state index in [1.807, 2.05) is 13.2 Å². The fraction of sp³-hybridized carbons (Fsp3) is 0.727. The van der Waals surface area contributed by atoms with Gasteiger partial charge in [0.15, 0.2) is 0 Å². The van der Waals surface area contributed by atoms with Crippen molar-refractivity contribution in [2.75, 3.05) is 0 Å². The first-order chi connectivity index (χ1) is 6.12. The second kappa shape index (κ2) is 3.09. The van der Waals surface area contributed by atoms with Crippen LogP contribution in [0.4, 0.5) is 0 Å². The number of aliphatic hydroxyl groups is 1. The van der Waals surface area contributed by atoms with Crippen molar-refractivity contribution < 1.29 is 5.11 Å². The number of nitrogens with zero attached hydrogens (tertiary/aromatic N) is 2. The van der Waals surface area contributed by atoms with E-state index >= 15 is 0 Å². The number of rotatable bonds is 1. The smallest absolute Gasteiger partial charge is 0.0873 e. The second-order valence-corrected chi connectivity index (χ2v) is 5.37. The van der Waals surface area contributed by atoms with E-state index < -0.39 is 5.60 Å². The molecule has 0 aliphatic heterocycles. The molecule has 0 fully saturated rings. The van der Waals surface area contributed by atoms with Gasteiger partial charge in [0.1, 0.15) is 0 Å². The van der Waals surface area contributed by atoms with E-state index in [4.69, 9.17) is 0 Å². The summed E-state index contributed by atoms with van der Waals surface area (Å²) in [6.45, 7) is 9.89. The highest BCUT2D eigenvalue weighted by molar-refractivity contribution is 5.28. The normalized spacial score (nSPS) is 13.4. The van der Waals surface area contributed by atoms with Crippen molar-refractivity contribution >= 4 is 0 Å². The van der Waals surface area contributed by atoms with Crippen molar-refractivity contribution in [3.63, 3.8) is 0 Å². The van der Waals surface area contributed by atoms with Crippen molar-refractivity contribution in [1.29, 1.82) is 0 Å². The maximum atomic E-state index is 9.99. The monoisotopic (exact) mass is 196 g/mol. The maximum absolute atomic E-state index is 9.99. The Balaban J connectivity index is 3.31. The summed E-state index contributed by atoms with van der Waals surface area (Å²) in [5.74, 6) is 0. The first-order valence-electron chi connectivity index (χ1n) is 4.89. The van der Waals surface area contributed by atoms with E-state index in [1.54, 1.807) is 18.5 Å². The van der Waals surface area contributed by atoms with E-state index in [0.29, 0.717) is 0 Å². The zero-order valence-electron chi connectivity index (χ0n) is 9.92. The molecule has 0 unspecified atom stereocenters. The van der Waals surface area contributed by atoms with Crippen LogP contribution in [0.2, 0.25) is 0 Å². The van der Waals surface area contributed by atoms with Gasteiger partial charge in [-0.05, 0) is 13.8 Å². The van der Waals surface area contributed by atoms with Gasteiger partial charge in [0.2, 0.25) is 0 Å². The number of aromatic nitrogens is 2. The molecule has 1 heterocycles. The van der Waals surface area contributed by atoms with Crippen LogP contribution in [-0.2, 0) is 18.1 Å². The highest BCUT2D eigenvalue weighted by Crippen LogP contribution is 2.30. The van der Waals surface area contributed by atoms with Crippen LogP contribution in [0.1, 0.15) is 45.9 Å². The van der Waals surface area contributed by atoms with Crippen LogP contribution < -0.4 is 0 Å². The van der Waals surface area contributed by atoms with Crippen molar-refractivity contribution in [2.45, 2.75) is 45.6 Å². The van der Waals surface area contributed by atoms with Gasteiger partial charge in [0, 0.05) is 24.2 Å². The van der Waals surface area contributed by atoms with E-state index in [-0.39, 0.29) is 5.41 Å². The second-order valence-electron chi connectivity index (χ2n) is 5.37. The largest absolute Gasteiger partial charge is 0.386 e. The molecule has 1 aromatic rings. The minimum atomic E-state index is -0.823. The molecule has 1 aromatic heterocycles. The first-order valence-corrected chi connectivity index (χ1v) is 4.89. The molecule has 0 aromatic carbocycles. The Labute approximate surface area is 85.8 Å². The topological polar surface area (TPSA) is 38.0 Å². The van der Waals surface area contributed by atoms with Crippen LogP contribution in [0.3, 0.4) is 0 Å². The molecule has 0 spiro atoms. The van der Waals surface area contributed by atoms with Crippen LogP contribution in [0.5, 0.6) is 0 Å². The molecule has 3 heteroatoms. The molecule has 0 aliphatic carbocycles. The van der Waals surface area contributed by atoms with E-state index in [9.17, 15) is 5.11 Å². The molecular formula is C11H20N2O. The van der Waals surface area contributed by atoms with E-state index in [2.05, 4.69) is 25.9 Å². The number of aryl methyl sites for hydroxylation is 1. The lowest BCUT2D eigenvalue weighted by Gasteiger charge is -2.23. The summed E-state index contributed by atoms with van der Waals surface area (Å²) in [6.07, 6.45) is 1.89. The van der Waals surface area contributed by atoms with Gasteiger partial charge in [0.05, 0.1) is 11.3 Å². The SMILES string of the molecule is Cn1cc(C(C)(C)O)c(C(C)(C)C)n1. The van der Waals surface area contributed by atoms with Crippen LogP contribution in [0.15, 0.2) is 6.20 Å². The van der Waals surface area contributed by atoms with Gasteiger partial charge in [-0.2, -0.15) is 5.10 Å². The van der Waals surface area contributed by atoms with Crippen molar-refractivity contribution in [3.05, 3.63) is 17.5 Å². The lowest BCUT2D eigenvalue weighted by atomic mass is 9.85. The Morgan fingerprint density at radius 1 is 1.21 bits per heavy atom. The maximum Gasteiger partial charge on any atom is 0.0873 e. The third-order valence-electron chi connectivity index (χ3n) is 2.20. The van der Waals surface area contributed by atoms with Gasteiger partial charge in [-0.3, -0.25) is 4.68 Å². The highest BCUT2D eigenvalue weighted by atomic mass is 16.3. The molecule has 80 valence electrons. The molecule has 0 amide bonds. The van der Waals surface area contributed by atoms with Crippen molar-refractivity contribution in [2.24, 2.45) is 7.05 Å². The Morgan fingerprint density at radius 3 is 2.00 bits per heavy atom. The fourth-order valence-corrected chi connectivity index (χ4v) is 1.49. The van der Waals surface area contributed by atoms with Crippen LogP contribution in [-0.4, -0.2) is 14.9 Å². The summed E-state index contributed by atoms with van der Waals surface area (Å²) in [7, 11) is 1.88. The Hall–Kier alpha value is -0.830. The molecule has 1 N–H and O–H groups in total. The third-order valence-corrected chi connectivity index (χ3v) is 2.20. The summed E-state index contributed by atoms with van der Waals surface area (Å²) in [5.41, 5.74) is 1.02. The van der Waals surface area contributed by atoms with Gasteiger partial charge < -0.3 is 5.11 Å². The summed E-state index contributed by atoms with van der Waals surface area (Å²) in [4.78, 5) is 0. The van der Waals surface area contributed by atoms with Gasteiger partial charge in [0.25, 0.3) is 0 Å². The molecule has 0 saturated heterocycles. The average Bonchev–Trinajstić information content (AvgIpc) is 2.27. The van der Waals surface area contributed by atoms with Crippen LogP contribution in [0, 0.1) is 0 Å². The number of hydrogen-bond donors (Lipinski definition) is 1. The molecule has 3 nitrogen and oxygen atoms in total. The molecule has 0 atom stereocenters. The van der Waals surface area contributed by atoms with Crippen molar-refractivity contribution in [1.82, 2.24) is 9.78 Å². The molecule has 1 rings (SSSR count). The summed E-state index contributed by atoms with van der Waals surface area (Å²) < 4.78 is 1.76. The average molecular weight is 196 g/mol. The standard InChI is InChI=1S/C11H20N2O/c1-10(2,3)9-8(11(4,5)14)7-13(6)12-9/h7,14H,1-6H3. The predicted octanol–water partition coefficient (Wildman–Crippen LogP) is 1.94. The zero-order chi connectivity index (χ0) is 11.1. The quantitative estimate of drug-likeness (QED) is 0.745. The summed E-state index contributed by atoms with van der Waals surface area (Å²) >= 11 is 0. The third kappa shape index (κ3) is 2.15. The predicted molar refractivity (Wildman–Crippen MR) is 57.2 cm³/mol. The first kappa shape index (κ1) is 11.2. The molecule has 0 bridgehead atoms.